The first-order valence-electron chi connectivity index (χ1n) is 9.86. The number of aliphatic hydroxyl groups is 1. The minimum Gasteiger partial charge on any atom is -0.395 e. The van der Waals surface area contributed by atoms with Crippen molar-refractivity contribution in [3.05, 3.63) is 96.1 Å². The first-order chi connectivity index (χ1) is 14.3. The van der Waals surface area contributed by atoms with E-state index in [0.717, 1.165) is 40.1 Å². The van der Waals surface area contributed by atoms with Crippen molar-refractivity contribution in [3.63, 3.8) is 0 Å². The maximum absolute atomic E-state index is 9.60. The lowest BCUT2D eigenvalue weighted by atomic mass is 10.1. The Morgan fingerprint density at radius 1 is 0.655 bits per heavy atom. The van der Waals surface area contributed by atoms with Crippen molar-refractivity contribution in [1.82, 2.24) is 19.1 Å². The third-order valence-corrected chi connectivity index (χ3v) is 5.30. The molecule has 0 aliphatic carbocycles. The van der Waals surface area contributed by atoms with Crippen LogP contribution in [0.3, 0.4) is 0 Å². The Kier molecular flexibility index (Phi) is 4.58. The molecule has 0 unspecified atom stereocenters. The summed E-state index contributed by atoms with van der Waals surface area (Å²) in [4.78, 5) is 9.77. The highest BCUT2D eigenvalue weighted by atomic mass is 16.3. The second-order valence-corrected chi connectivity index (χ2v) is 7.16. The summed E-state index contributed by atoms with van der Waals surface area (Å²) < 4.78 is 4.35. The zero-order valence-electron chi connectivity index (χ0n) is 16.1. The van der Waals surface area contributed by atoms with Gasteiger partial charge in [0.2, 0.25) is 0 Å². The van der Waals surface area contributed by atoms with Crippen molar-refractivity contribution in [1.29, 1.82) is 0 Å². The summed E-state index contributed by atoms with van der Waals surface area (Å²) in [6.45, 7) is 1.21. The SMILES string of the molecule is OCCn1c(Cn2c(Cc3ccccc3)nc3ccccc32)nc2ccccc21. The van der Waals surface area contributed by atoms with Crippen LogP contribution in [0.1, 0.15) is 17.2 Å². The van der Waals surface area contributed by atoms with E-state index >= 15 is 0 Å². The predicted molar refractivity (Wildman–Crippen MR) is 115 cm³/mol. The molecule has 2 heterocycles. The third kappa shape index (κ3) is 3.30. The molecule has 0 aliphatic heterocycles. The number of hydrogen-bond donors (Lipinski definition) is 1. The number of hydrogen-bond acceptors (Lipinski definition) is 3. The van der Waals surface area contributed by atoms with Crippen molar-refractivity contribution < 1.29 is 5.11 Å². The van der Waals surface area contributed by atoms with E-state index in [-0.39, 0.29) is 6.61 Å². The van der Waals surface area contributed by atoms with Crippen molar-refractivity contribution in [2.24, 2.45) is 0 Å². The van der Waals surface area contributed by atoms with E-state index in [1.807, 2.05) is 36.4 Å². The average Bonchev–Trinajstić information content (AvgIpc) is 3.28. The van der Waals surface area contributed by atoms with Gasteiger partial charge in [0.25, 0.3) is 0 Å². The van der Waals surface area contributed by atoms with E-state index in [2.05, 4.69) is 51.6 Å². The number of rotatable bonds is 6. The molecule has 2 aromatic heterocycles. The van der Waals surface area contributed by atoms with Crippen molar-refractivity contribution >= 4 is 22.1 Å². The summed E-state index contributed by atoms with van der Waals surface area (Å²) in [5.41, 5.74) is 5.31. The van der Waals surface area contributed by atoms with Gasteiger partial charge in [-0.25, -0.2) is 9.97 Å². The van der Waals surface area contributed by atoms with Gasteiger partial charge < -0.3 is 14.2 Å². The topological polar surface area (TPSA) is 55.9 Å². The molecule has 0 saturated heterocycles. The Morgan fingerprint density at radius 2 is 1.24 bits per heavy atom. The van der Waals surface area contributed by atoms with Crippen LogP contribution in [-0.2, 0) is 19.5 Å². The number of aromatic nitrogens is 4. The van der Waals surface area contributed by atoms with Crippen molar-refractivity contribution in [2.45, 2.75) is 19.5 Å². The second kappa shape index (κ2) is 7.53. The van der Waals surface area contributed by atoms with E-state index in [0.29, 0.717) is 13.1 Å². The van der Waals surface area contributed by atoms with Gasteiger partial charge in [0.15, 0.2) is 0 Å². The number of nitrogens with zero attached hydrogens (tertiary/aromatic N) is 4. The normalized spacial score (nSPS) is 11.5. The largest absolute Gasteiger partial charge is 0.395 e. The molecule has 1 N–H and O–H groups in total. The van der Waals surface area contributed by atoms with Crippen LogP contribution in [0, 0.1) is 0 Å². The van der Waals surface area contributed by atoms with Crippen LogP contribution in [0.5, 0.6) is 0 Å². The lowest BCUT2D eigenvalue weighted by Gasteiger charge is -2.12. The van der Waals surface area contributed by atoms with Gasteiger partial charge >= 0.3 is 0 Å². The molecule has 5 heteroatoms. The molecule has 5 aromatic rings. The second-order valence-electron chi connectivity index (χ2n) is 7.16. The highest BCUT2D eigenvalue weighted by Crippen LogP contribution is 2.22. The summed E-state index contributed by atoms with van der Waals surface area (Å²) in [6.07, 6.45) is 0.760. The molecular weight excluding hydrogens is 360 g/mol. The fourth-order valence-corrected chi connectivity index (χ4v) is 3.95. The first kappa shape index (κ1) is 17.6. The van der Waals surface area contributed by atoms with Crippen LogP contribution in [0.4, 0.5) is 0 Å². The summed E-state index contributed by atoms with van der Waals surface area (Å²) >= 11 is 0. The van der Waals surface area contributed by atoms with Gasteiger partial charge in [0.1, 0.15) is 11.6 Å². The van der Waals surface area contributed by atoms with Crippen LogP contribution in [0.25, 0.3) is 22.1 Å². The fourth-order valence-electron chi connectivity index (χ4n) is 3.95. The lowest BCUT2D eigenvalue weighted by molar-refractivity contribution is 0.275. The molecule has 0 fully saturated rings. The molecule has 0 spiro atoms. The van der Waals surface area contributed by atoms with Crippen LogP contribution in [0.2, 0.25) is 0 Å². The first-order valence-corrected chi connectivity index (χ1v) is 9.86. The lowest BCUT2D eigenvalue weighted by Crippen LogP contribution is -2.13. The van der Waals surface area contributed by atoms with Gasteiger partial charge in [0, 0.05) is 13.0 Å². The molecule has 0 amide bonds. The Morgan fingerprint density at radius 3 is 1.93 bits per heavy atom. The van der Waals surface area contributed by atoms with Gasteiger partial charge in [-0.3, -0.25) is 0 Å². The minimum atomic E-state index is 0.0783. The number of fused-ring (bicyclic) bond motifs is 2. The van der Waals surface area contributed by atoms with Gasteiger partial charge in [-0.2, -0.15) is 0 Å². The Hall–Kier alpha value is -3.44. The summed E-state index contributed by atoms with van der Waals surface area (Å²) in [5.74, 6) is 1.94. The van der Waals surface area contributed by atoms with E-state index in [9.17, 15) is 5.11 Å². The number of para-hydroxylation sites is 4. The quantitative estimate of drug-likeness (QED) is 0.483. The van der Waals surface area contributed by atoms with Crippen molar-refractivity contribution in [2.75, 3.05) is 6.61 Å². The minimum absolute atomic E-state index is 0.0783. The zero-order valence-corrected chi connectivity index (χ0v) is 16.1. The van der Waals surface area contributed by atoms with E-state index in [1.165, 1.54) is 5.56 Å². The standard InChI is InChI=1S/C24H22N4O/c29-15-14-27-21-12-6-4-10-19(21)26-24(27)17-28-22-13-7-5-11-20(22)25-23(28)16-18-8-2-1-3-9-18/h1-13,29H,14-17H2. The molecule has 0 aliphatic rings. The van der Waals surface area contributed by atoms with Gasteiger partial charge in [0.05, 0.1) is 35.2 Å². The smallest absolute Gasteiger partial charge is 0.130 e. The highest BCUT2D eigenvalue weighted by Gasteiger charge is 2.16. The maximum Gasteiger partial charge on any atom is 0.130 e. The van der Waals surface area contributed by atoms with Crippen LogP contribution < -0.4 is 0 Å². The molecule has 0 saturated carbocycles. The Labute approximate surface area is 168 Å². The Bertz CT molecular complexity index is 1270. The van der Waals surface area contributed by atoms with E-state index < -0.39 is 0 Å². The number of aliphatic hydroxyl groups excluding tert-OH is 1. The zero-order chi connectivity index (χ0) is 19.6. The number of benzene rings is 3. The summed E-state index contributed by atoms with van der Waals surface area (Å²) in [7, 11) is 0. The third-order valence-electron chi connectivity index (χ3n) is 5.30. The predicted octanol–water partition coefficient (Wildman–Crippen LogP) is 4.02. The molecular formula is C24H22N4O. The molecule has 0 radical (unpaired) electrons. The molecule has 0 atom stereocenters. The summed E-state index contributed by atoms with van der Waals surface area (Å²) in [6, 6.07) is 26.7. The number of imidazole rings is 2. The fraction of sp³-hybridized carbons (Fsp3) is 0.167. The van der Waals surface area contributed by atoms with E-state index in [4.69, 9.17) is 9.97 Å². The average molecular weight is 382 g/mol. The van der Waals surface area contributed by atoms with Gasteiger partial charge in [-0.15, -0.1) is 0 Å². The van der Waals surface area contributed by atoms with Crippen molar-refractivity contribution in [3.8, 4) is 0 Å². The Balaban J connectivity index is 1.62. The molecule has 5 rings (SSSR count). The maximum atomic E-state index is 9.60. The highest BCUT2D eigenvalue weighted by molar-refractivity contribution is 5.77. The molecule has 0 bridgehead atoms. The molecule has 29 heavy (non-hydrogen) atoms. The van der Waals surface area contributed by atoms with Gasteiger partial charge in [-0.05, 0) is 29.8 Å². The van der Waals surface area contributed by atoms with Crippen LogP contribution >= 0.6 is 0 Å². The molecule has 3 aromatic carbocycles. The van der Waals surface area contributed by atoms with Crippen LogP contribution in [-0.4, -0.2) is 30.8 Å². The monoisotopic (exact) mass is 382 g/mol. The summed E-state index contributed by atoms with van der Waals surface area (Å²) in [5, 5.41) is 9.60. The molecule has 5 nitrogen and oxygen atoms in total. The van der Waals surface area contributed by atoms with Gasteiger partial charge in [-0.1, -0.05) is 54.6 Å². The van der Waals surface area contributed by atoms with Crippen LogP contribution in [0.15, 0.2) is 78.9 Å². The molecule has 144 valence electrons. The van der Waals surface area contributed by atoms with E-state index in [1.54, 1.807) is 0 Å².